The van der Waals surface area contributed by atoms with E-state index in [1.165, 1.54) is 0 Å². The van der Waals surface area contributed by atoms with Crippen molar-refractivity contribution >= 4 is 17.7 Å². The van der Waals surface area contributed by atoms with Crippen LogP contribution in [0.15, 0.2) is 72.9 Å². The highest BCUT2D eigenvalue weighted by Crippen LogP contribution is 2.28. The summed E-state index contributed by atoms with van der Waals surface area (Å²) < 4.78 is 11.6. The van der Waals surface area contributed by atoms with E-state index in [1.807, 2.05) is 72.9 Å². The van der Waals surface area contributed by atoms with Gasteiger partial charge in [-0.3, -0.25) is 19.6 Å². The Bertz CT molecular complexity index is 1350. The lowest BCUT2D eigenvalue weighted by Crippen LogP contribution is -2.56. The molecule has 0 unspecified atom stereocenters. The molecule has 0 saturated carbocycles. The standard InChI is InChI=1S/C35H45N5O4/c1-3-40(4-2,34(41)33-15-14-28(26-36-33)27-39-21-24-43-25-22-39)23-20-38-18-16-30(17-19-38)44-35(42)37-32-13-9-8-12-31(32)29-10-6-5-7-11-29/h5-15,26,30H,3-4,16-25,27H2,1-2H3/p+1. The van der Waals surface area contributed by atoms with Crippen LogP contribution in [0.1, 0.15) is 42.7 Å². The summed E-state index contributed by atoms with van der Waals surface area (Å²) in [7, 11) is 0. The van der Waals surface area contributed by atoms with Gasteiger partial charge in [-0.1, -0.05) is 54.6 Å². The molecule has 0 bridgehead atoms. The Labute approximate surface area is 261 Å². The maximum Gasteiger partial charge on any atom is 0.411 e. The minimum absolute atomic E-state index is 0.0820. The fourth-order valence-corrected chi connectivity index (χ4v) is 6.17. The third kappa shape index (κ3) is 8.09. The second-order valence-electron chi connectivity index (χ2n) is 11.7. The second kappa shape index (κ2) is 15.4. The third-order valence-corrected chi connectivity index (χ3v) is 9.10. The van der Waals surface area contributed by atoms with Crippen LogP contribution in [0.4, 0.5) is 10.5 Å². The molecule has 2 aliphatic rings. The zero-order valence-electron chi connectivity index (χ0n) is 26.1. The number of aromatic nitrogens is 1. The summed E-state index contributed by atoms with van der Waals surface area (Å²) in [5.74, 6) is 0.0820. The molecule has 0 spiro atoms. The summed E-state index contributed by atoms with van der Waals surface area (Å²) in [6, 6.07) is 21.7. The molecule has 3 heterocycles. The topological polar surface area (TPSA) is 84.0 Å². The van der Waals surface area contributed by atoms with Crippen LogP contribution in [0.2, 0.25) is 0 Å². The summed E-state index contributed by atoms with van der Waals surface area (Å²) in [6.45, 7) is 13.0. The molecule has 5 rings (SSSR count). The number of nitrogens with zero attached hydrogens (tertiary/aromatic N) is 4. The Morgan fingerprint density at radius 1 is 0.909 bits per heavy atom. The highest BCUT2D eigenvalue weighted by atomic mass is 16.6. The van der Waals surface area contributed by atoms with E-state index >= 15 is 0 Å². The van der Waals surface area contributed by atoms with E-state index in [-0.39, 0.29) is 12.0 Å². The Balaban J connectivity index is 1.10. The van der Waals surface area contributed by atoms with Gasteiger partial charge in [-0.05, 0) is 49.9 Å². The zero-order valence-corrected chi connectivity index (χ0v) is 26.1. The van der Waals surface area contributed by atoms with Gasteiger partial charge in [0.25, 0.3) is 0 Å². The number of carbonyl (C=O) groups is 2. The highest BCUT2D eigenvalue weighted by molar-refractivity contribution is 5.91. The highest BCUT2D eigenvalue weighted by Gasteiger charge is 2.36. The first-order valence-electron chi connectivity index (χ1n) is 16.0. The number of likely N-dealkylation sites (N-methyl/N-ethyl adjacent to an activating group) is 1. The third-order valence-electron chi connectivity index (χ3n) is 9.10. The van der Waals surface area contributed by atoms with Crippen LogP contribution in [0, 0.1) is 0 Å². The zero-order chi connectivity index (χ0) is 30.8. The van der Waals surface area contributed by atoms with E-state index in [4.69, 9.17) is 9.47 Å². The molecule has 3 aromatic rings. The molecule has 9 heteroatoms. The summed E-state index contributed by atoms with van der Waals surface area (Å²) in [5, 5.41) is 2.95. The maximum atomic E-state index is 13.7. The van der Waals surface area contributed by atoms with Crippen molar-refractivity contribution in [2.45, 2.75) is 39.3 Å². The van der Waals surface area contributed by atoms with Crippen LogP contribution in [0.25, 0.3) is 11.1 Å². The quantitative estimate of drug-likeness (QED) is 0.300. The van der Waals surface area contributed by atoms with E-state index in [0.29, 0.717) is 10.2 Å². The molecule has 44 heavy (non-hydrogen) atoms. The number of amides is 2. The van der Waals surface area contributed by atoms with Crippen molar-refractivity contribution in [3.63, 3.8) is 0 Å². The molecule has 1 N–H and O–H groups in total. The largest absolute Gasteiger partial charge is 0.446 e. The van der Waals surface area contributed by atoms with E-state index in [0.717, 1.165) is 107 Å². The van der Waals surface area contributed by atoms with Crippen molar-refractivity contribution in [3.05, 3.63) is 84.2 Å². The molecule has 0 atom stereocenters. The number of anilines is 1. The average Bonchev–Trinajstić information content (AvgIpc) is 3.07. The van der Waals surface area contributed by atoms with E-state index in [2.05, 4.69) is 33.9 Å². The predicted octanol–water partition coefficient (Wildman–Crippen LogP) is 5.29. The Hall–Kier alpha value is -3.63. The summed E-state index contributed by atoms with van der Waals surface area (Å²) in [4.78, 5) is 35.9. The van der Waals surface area contributed by atoms with Gasteiger partial charge in [-0.25, -0.2) is 14.6 Å². The number of pyridine rings is 1. The van der Waals surface area contributed by atoms with Gasteiger partial charge in [-0.2, -0.15) is 0 Å². The van der Waals surface area contributed by atoms with Gasteiger partial charge in [0.05, 0.1) is 38.5 Å². The Kier molecular flexibility index (Phi) is 11.1. The van der Waals surface area contributed by atoms with Crippen LogP contribution in [0.3, 0.4) is 0 Å². The van der Waals surface area contributed by atoms with Crippen molar-refractivity contribution in [2.24, 2.45) is 0 Å². The number of hydrogen-bond acceptors (Lipinski definition) is 7. The number of hydrogen-bond donors (Lipinski definition) is 1. The van der Waals surface area contributed by atoms with Crippen molar-refractivity contribution in [3.8, 4) is 11.1 Å². The first kappa shape index (κ1) is 31.8. The number of nitrogens with one attached hydrogen (secondary N) is 1. The number of quaternary nitrogens is 1. The first-order chi connectivity index (χ1) is 21.5. The van der Waals surface area contributed by atoms with Crippen molar-refractivity contribution in [1.82, 2.24) is 14.8 Å². The number of benzene rings is 2. The summed E-state index contributed by atoms with van der Waals surface area (Å²) in [5.41, 5.74) is 4.39. The van der Waals surface area contributed by atoms with E-state index < -0.39 is 6.09 Å². The molecule has 2 aromatic carbocycles. The monoisotopic (exact) mass is 600 g/mol. The van der Waals surface area contributed by atoms with Crippen LogP contribution >= 0.6 is 0 Å². The fourth-order valence-electron chi connectivity index (χ4n) is 6.17. The number of piperidine rings is 1. The fraction of sp³-hybridized carbons (Fsp3) is 0.457. The van der Waals surface area contributed by atoms with Crippen LogP contribution in [-0.4, -0.2) is 103 Å². The van der Waals surface area contributed by atoms with Gasteiger partial charge in [0.1, 0.15) is 6.10 Å². The lowest BCUT2D eigenvalue weighted by molar-refractivity contribution is -0.845. The normalized spacial score (nSPS) is 16.9. The van der Waals surface area contributed by atoms with E-state index in [9.17, 15) is 9.59 Å². The minimum atomic E-state index is -0.423. The van der Waals surface area contributed by atoms with Crippen molar-refractivity contribution < 1.29 is 23.5 Å². The molecule has 2 amide bonds. The predicted molar refractivity (Wildman–Crippen MR) is 172 cm³/mol. The first-order valence-corrected chi connectivity index (χ1v) is 16.0. The van der Waals surface area contributed by atoms with Gasteiger partial charge >= 0.3 is 12.0 Å². The van der Waals surface area contributed by atoms with Crippen LogP contribution in [0.5, 0.6) is 0 Å². The number of ether oxygens (including phenoxy) is 2. The summed E-state index contributed by atoms with van der Waals surface area (Å²) in [6.07, 6.45) is 2.84. The van der Waals surface area contributed by atoms with Gasteiger partial charge in [-0.15, -0.1) is 0 Å². The lowest BCUT2D eigenvalue weighted by Gasteiger charge is -2.37. The SMILES string of the molecule is CC[N+](CC)(CCN1CCC(OC(=O)Nc2ccccc2-c2ccccc2)CC1)C(=O)c1ccc(CN2CCOCC2)cn1. The van der Waals surface area contributed by atoms with Crippen molar-refractivity contribution in [2.75, 3.05) is 70.9 Å². The van der Waals surface area contributed by atoms with Gasteiger partial charge in [0.2, 0.25) is 0 Å². The number of rotatable bonds is 11. The molecule has 2 fully saturated rings. The Morgan fingerprint density at radius 2 is 1.61 bits per heavy atom. The molecule has 9 nitrogen and oxygen atoms in total. The average molecular weight is 601 g/mol. The molecule has 0 aliphatic carbocycles. The molecule has 1 aromatic heterocycles. The van der Waals surface area contributed by atoms with Gasteiger partial charge in [0, 0.05) is 51.0 Å². The van der Waals surface area contributed by atoms with E-state index in [1.54, 1.807) is 0 Å². The molecular weight excluding hydrogens is 554 g/mol. The van der Waals surface area contributed by atoms with Crippen LogP contribution < -0.4 is 5.32 Å². The van der Waals surface area contributed by atoms with Gasteiger partial charge in [0.15, 0.2) is 5.69 Å². The molecule has 2 saturated heterocycles. The Morgan fingerprint density at radius 3 is 2.30 bits per heavy atom. The number of likely N-dealkylation sites (tertiary alicyclic amines) is 1. The lowest BCUT2D eigenvalue weighted by atomic mass is 10.0. The van der Waals surface area contributed by atoms with Crippen LogP contribution in [-0.2, 0) is 16.0 Å². The number of para-hydroxylation sites is 1. The number of morpholine rings is 1. The maximum absolute atomic E-state index is 13.7. The molecule has 234 valence electrons. The van der Waals surface area contributed by atoms with Gasteiger partial charge < -0.3 is 9.47 Å². The molecule has 2 aliphatic heterocycles. The number of carbonyl (C=O) groups excluding carboxylic acids is 2. The molecular formula is C35H46N5O4+. The summed E-state index contributed by atoms with van der Waals surface area (Å²) >= 11 is 0. The minimum Gasteiger partial charge on any atom is -0.446 e. The second-order valence-corrected chi connectivity index (χ2v) is 11.7. The van der Waals surface area contributed by atoms with Crippen molar-refractivity contribution in [1.29, 1.82) is 0 Å². The smallest absolute Gasteiger partial charge is 0.411 e. The molecule has 0 radical (unpaired) electrons.